The lowest BCUT2D eigenvalue weighted by molar-refractivity contribution is -0.141. The van der Waals surface area contributed by atoms with Gasteiger partial charge in [-0.15, -0.1) is 0 Å². The Morgan fingerprint density at radius 1 is 1.07 bits per heavy atom. The first-order valence-electron chi connectivity index (χ1n) is 8.89. The molecular formula is C22H22BrNO4. The molecule has 146 valence electrons. The van der Waals surface area contributed by atoms with Crippen LogP contribution in [0.1, 0.15) is 48.3 Å². The molecule has 1 atom stereocenters. The average Bonchev–Trinajstić information content (AvgIpc) is 2.85. The van der Waals surface area contributed by atoms with E-state index in [1.54, 1.807) is 37.3 Å². The number of aromatic hydroxyl groups is 1. The van der Waals surface area contributed by atoms with E-state index in [1.807, 2.05) is 20.8 Å². The van der Waals surface area contributed by atoms with Crippen molar-refractivity contribution in [1.29, 1.82) is 0 Å². The molecule has 0 saturated heterocycles. The number of hydrogen-bond acceptors (Lipinski definition) is 3. The van der Waals surface area contributed by atoms with Crippen molar-refractivity contribution in [2.24, 2.45) is 5.41 Å². The SMILES string of the molecule is Cc1c(C(C(=O)O)C(C)(C)C)c2cc(O)ccc2n1C(=O)c1ccc(Br)cc1. The zero-order valence-corrected chi connectivity index (χ0v) is 17.7. The van der Waals surface area contributed by atoms with Crippen LogP contribution in [-0.4, -0.2) is 26.7 Å². The quantitative estimate of drug-likeness (QED) is 0.573. The normalized spacial score (nSPS) is 12.9. The first-order chi connectivity index (χ1) is 13.0. The van der Waals surface area contributed by atoms with Crippen LogP contribution in [0.3, 0.4) is 0 Å². The topological polar surface area (TPSA) is 79.5 Å². The number of fused-ring (bicyclic) bond motifs is 1. The Labute approximate surface area is 171 Å². The Kier molecular flexibility index (Phi) is 5.10. The highest BCUT2D eigenvalue weighted by molar-refractivity contribution is 9.10. The summed E-state index contributed by atoms with van der Waals surface area (Å²) in [6.07, 6.45) is 0. The second-order valence-electron chi connectivity index (χ2n) is 7.99. The maximum atomic E-state index is 13.3. The molecular weight excluding hydrogens is 422 g/mol. The summed E-state index contributed by atoms with van der Waals surface area (Å²) in [5, 5.41) is 20.5. The van der Waals surface area contributed by atoms with Crippen LogP contribution < -0.4 is 0 Å². The first kappa shape index (κ1) is 20.1. The molecule has 0 spiro atoms. The summed E-state index contributed by atoms with van der Waals surface area (Å²) in [7, 11) is 0. The summed E-state index contributed by atoms with van der Waals surface area (Å²) in [5.41, 5.74) is 1.60. The Bertz CT molecular complexity index is 1070. The van der Waals surface area contributed by atoms with Crippen molar-refractivity contribution in [1.82, 2.24) is 4.57 Å². The van der Waals surface area contributed by atoms with Crippen molar-refractivity contribution >= 4 is 38.7 Å². The van der Waals surface area contributed by atoms with Crippen molar-refractivity contribution in [3.63, 3.8) is 0 Å². The number of rotatable bonds is 3. The van der Waals surface area contributed by atoms with Gasteiger partial charge >= 0.3 is 5.97 Å². The van der Waals surface area contributed by atoms with E-state index in [-0.39, 0.29) is 11.7 Å². The smallest absolute Gasteiger partial charge is 0.311 e. The van der Waals surface area contributed by atoms with E-state index in [9.17, 15) is 19.8 Å². The van der Waals surface area contributed by atoms with Crippen LogP contribution in [0.4, 0.5) is 0 Å². The zero-order chi connectivity index (χ0) is 20.8. The van der Waals surface area contributed by atoms with E-state index in [4.69, 9.17) is 0 Å². The van der Waals surface area contributed by atoms with Crippen LogP contribution in [0.15, 0.2) is 46.9 Å². The minimum absolute atomic E-state index is 0.0278. The number of carboxylic acids is 1. The molecule has 0 aliphatic heterocycles. The summed E-state index contributed by atoms with van der Waals surface area (Å²) in [6, 6.07) is 11.7. The number of carbonyl (C=O) groups is 2. The molecule has 0 radical (unpaired) electrons. The van der Waals surface area contributed by atoms with E-state index >= 15 is 0 Å². The van der Waals surface area contributed by atoms with Crippen molar-refractivity contribution < 1.29 is 19.8 Å². The van der Waals surface area contributed by atoms with Crippen LogP contribution in [0.5, 0.6) is 5.75 Å². The Morgan fingerprint density at radius 3 is 2.21 bits per heavy atom. The molecule has 28 heavy (non-hydrogen) atoms. The average molecular weight is 444 g/mol. The van der Waals surface area contributed by atoms with Crippen molar-refractivity contribution in [3.8, 4) is 5.75 Å². The van der Waals surface area contributed by atoms with Crippen molar-refractivity contribution in [3.05, 3.63) is 63.8 Å². The number of nitrogens with zero attached hydrogens (tertiary/aromatic N) is 1. The number of halogens is 1. The molecule has 2 aromatic carbocycles. The summed E-state index contributed by atoms with van der Waals surface area (Å²) >= 11 is 3.36. The molecule has 2 N–H and O–H groups in total. The third-order valence-corrected chi connectivity index (χ3v) is 5.46. The van der Waals surface area contributed by atoms with Gasteiger partial charge in [-0.05, 0) is 60.4 Å². The molecule has 1 unspecified atom stereocenters. The van der Waals surface area contributed by atoms with E-state index in [0.29, 0.717) is 27.7 Å². The summed E-state index contributed by atoms with van der Waals surface area (Å²) in [4.78, 5) is 25.4. The van der Waals surface area contributed by atoms with Crippen LogP contribution in [-0.2, 0) is 4.79 Å². The highest BCUT2D eigenvalue weighted by Crippen LogP contribution is 2.42. The number of aromatic nitrogens is 1. The molecule has 0 amide bonds. The molecule has 0 aliphatic rings. The summed E-state index contributed by atoms with van der Waals surface area (Å²) < 4.78 is 2.40. The molecule has 6 heteroatoms. The summed E-state index contributed by atoms with van der Waals surface area (Å²) in [5.74, 6) is -2.02. The number of carbonyl (C=O) groups excluding carboxylic acids is 1. The van der Waals surface area contributed by atoms with E-state index in [2.05, 4.69) is 15.9 Å². The number of hydrogen-bond donors (Lipinski definition) is 2. The predicted molar refractivity (Wildman–Crippen MR) is 112 cm³/mol. The fourth-order valence-electron chi connectivity index (χ4n) is 3.71. The minimum Gasteiger partial charge on any atom is -0.508 e. The third kappa shape index (κ3) is 3.44. The fourth-order valence-corrected chi connectivity index (χ4v) is 3.97. The second kappa shape index (κ2) is 7.09. The fraction of sp³-hybridized carbons (Fsp3) is 0.273. The van der Waals surface area contributed by atoms with Gasteiger partial charge in [0, 0.05) is 21.1 Å². The van der Waals surface area contributed by atoms with Gasteiger partial charge in [0.25, 0.3) is 5.91 Å². The molecule has 3 aromatic rings. The summed E-state index contributed by atoms with van der Waals surface area (Å²) in [6.45, 7) is 7.32. The van der Waals surface area contributed by atoms with Gasteiger partial charge in [0.1, 0.15) is 5.75 Å². The van der Waals surface area contributed by atoms with Gasteiger partial charge in [-0.1, -0.05) is 36.7 Å². The van der Waals surface area contributed by atoms with Gasteiger partial charge in [0.15, 0.2) is 0 Å². The van der Waals surface area contributed by atoms with E-state index < -0.39 is 17.3 Å². The molecule has 1 aromatic heterocycles. The van der Waals surface area contributed by atoms with E-state index in [1.165, 1.54) is 16.7 Å². The zero-order valence-electron chi connectivity index (χ0n) is 16.2. The number of benzene rings is 2. The Balaban J connectivity index is 2.34. The minimum atomic E-state index is -0.964. The lowest BCUT2D eigenvalue weighted by Crippen LogP contribution is -2.27. The molecule has 3 rings (SSSR count). The predicted octanol–water partition coefficient (Wildman–Crippen LogP) is 5.32. The largest absolute Gasteiger partial charge is 0.508 e. The number of aliphatic carboxylic acids is 1. The van der Waals surface area contributed by atoms with Crippen LogP contribution in [0, 0.1) is 12.3 Å². The highest BCUT2D eigenvalue weighted by Gasteiger charge is 2.37. The van der Waals surface area contributed by atoms with Crippen molar-refractivity contribution in [2.45, 2.75) is 33.6 Å². The standard InChI is InChI=1S/C22H22BrNO4/c1-12-18(19(21(27)28)22(2,3)4)16-11-15(25)9-10-17(16)24(12)20(26)13-5-7-14(23)8-6-13/h5-11,19,25H,1-4H3,(H,27,28). The monoisotopic (exact) mass is 443 g/mol. The van der Waals surface area contributed by atoms with Crippen molar-refractivity contribution in [2.75, 3.05) is 0 Å². The maximum absolute atomic E-state index is 13.3. The van der Waals surface area contributed by atoms with Gasteiger partial charge in [-0.2, -0.15) is 0 Å². The lowest BCUT2D eigenvalue weighted by Gasteiger charge is -2.27. The first-order valence-corrected chi connectivity index (χ1v) is 9.68. The number of carboxylic acid groups (broad SMARTS) is 1. The van der Waals surface area contributed by atoms with Crippen LogP contribution >= 0.6 is 15.9 Å². The van der Waals surface area contributed by atoms with Gasteiger partial charge < -0.3 is 10.2 Å². The molecule has 0 aliphatic carbocycles. The van der Waals surface area contributed by atoms with Gasteiger partial charge in [-0.3, -0.25) is 14.2 Å². The molecule has 5 nitrogen and oxygen atoms in total. The van der Waals surface area contributed by atoms with Gasteiger partial charge in [0.05, 0.1) is 11.4 Å². The maximum Gasteiger partial charge on any atom is 0.311 e. The van der Waals surface area contributed by atoms with Gasteiger partial charge in [-0.25, -0.2) is 0 Å². The highest BCUT2D eigenvalue weighted by atomic mass is 79.9. The second-order valence-corrected chi connectivity index (χ2v) is 8.90. The van der Waals surface area contributed by atoms with Gasteiger partial charge in [0.2, 0.25) is 0 Å². The lowest BCUT2D eigenvalue weighted by atomic mass is 9.75. The number of phenols is 1. The Morgan fingerprint density at radius 2 is 1.68 bits per heavy atom. The molecule has 1 heterocycles. The molecule has 0 saturated carbocycles. The number of phenolic OH excluding ortho intramolecular Hbond substituents is 1. The Hall–Kier alpha value is -2.60. The molecule has 0 fully saturated rings. The van der Waals surface area contributed by atoms with Crippen LogP contribution in [0.2, 0.25) is 0 Å². The third-order valence-electron chi connectivity index (χ3n) is 4.93. The van der Waals surface area contributed by atoms with Crippen LogP contribution in [0.25, 0.3) is 10.9 Å². The molecule has 0 bridgehead atoms. The van der Waals surface area contributed by atoms with E-state index in [0.717, 1.165) is 4.47 Å².